The van der Waals surface area contributed by atoms with E-state index in [1.807, 2.05) is 0 Å². The third kappa shape index (κ3) is 4.74. The minimum Gasteiger partial charge on any atom is -0.356 e. The highest BCUT2D eigenvalue weighted by Crippen LogP contribution is 1.94. The van der Waals surface area contributed by atoms with Crippen LogP contribution in [-0.2, 0) is 11.2 Å². The molecule has 0 bridgehead atoms. The predicted molar refractivity (Wildman–Crippen MR) is 70.4 cm³/mol. The van der Waals surface area contributed by atoms with Gasteiger partial charge in [-0.3, -0.25) is 4.79 Å². The van der Waals surface area contributed by atoms with Crippen LogP contribution in [-0.4, -0.2) is 38.9 Å². The van der Waals surface area contributed by atoms with Crippen LogP contribution < -0.4 is 10.6 Å². The molecule has 2 aromatic rings. The smallest absolute Gasteiger partial charge is 0.222 e. The highest BCUT2D eigenvalue weighted by Gasteiger charge is 2.01. The fourth-order valence-electron chi connectivity index (χ4n) is 1.52. The van der Waals surface area contributed by atoms with Crippen molar-refractivity contribution in [2.45, 2.75) is 12.8 Å². The average Bonchev–Trinajstić information content (AvgIpc) is 2.93. The minimum atomic E-state index is 0.00273. The number of amides is 1. The molecule has 1 amide bonds. The van der Waals surface area contributed by atoms with Crippen LogP contribution in [0.4, 0.5) is 5.95 Å². The van der Waals surface area contributed by atoms with Gasteiger partial charge in [-0.25, -0.2) is 15.0 Å². The lowest BCUT2D eigenvalue weighted by atomic mass is 10.3. The summed E-state index contributed by atoms with van der Waals surface area (Å²) >= 11 is 0. The maximum absolute atomic E-state index is 11.5. The van der Waals surface area contributed by atoms with Crippen LogP contribution in [0.5, 0.6) is 0 Å². The van der Waals surface area contributed by atoms with E-state index in [9.17, 15) is 4.79 Å². The van der Waals surface area contributed by atoms with Gasteiger partial charge in [-0.15, -0.1) is 0 Å². The van der Waals surface area contributed by atoms with Crippen molar-refractivity contribution >= 4 is 11.9 Å². The van der Waals surface area contributed by atoms with Gasteiger partial charge < -0.3 is 15.6 Å². The van der Waals surface area contributed by atoms with Gasteiger partial charge >= 0.3 is 0 Å². The van der Waals surface area contributed by atoms with Gasteiger partial charge in [-0.2, -0.15) is 0 Å². The van der Waals surface area contributed by atoms with Crippen LogP contribution in [0.3, 0.4) is 0 Å². The molecule has 7 nitrogen and oxygen atoms in total. The van der Waals surface area contributed by atoms with Crippen molar-refractivity contribution in [1.82, 2.24) is 25.3 Å². The molecule has 3 N–H and O–H groups in total. The summed E-state index contributed by atoms with van der Waals surface area (Å²) in [5, 5.41) is 5.82. The lowest BCUT2D eigenvalue weighted by Crippen LogP contribution is -2.27. The normalized spacial score (nSPS) is 10.1. The molecule has 0 radical (unpaired) electrons. The summed E-state index contributed by atoms with van der Waals surface area (Å²) in [5.41, 5.74) is 1.01. The van der Waals surface area contributed by atoms with E-state index in [1.54, 1.807) is 31.0 Å². The molecule has 0 spiro atoms. The first-order chi connectivity index (χ1) is 9.34. The second-order valence-corrected chi connectivity index (χ2v) is 3.93. The molecule has 0 aliphatic heterocycles. The number of hydrogen-bond acceptors (Lipinski definition) is 5. The number of imidazole rings is 1. The van der Waals surface area contributed by atoms with Crippen LogP contribution in [0.2, 0.25) is 0 Å². The number of aromatic amines is 1. The number of aromatic nitrogens is 4. The van der Waals surface area contributed by atoms with Crippen molar-refractivity contribution in [2.24, 2.45) is 0 Å². The fraction of sp³-hybridized carbons (Fsp3) is 0.333. The minimum absolute atomic E-state index is 0.00273. The number of H-pyrrole nitrogens is 1. The number of hydrogen-bond donors (Lipinski definition) is 3. The third-order valence-electron chi connectivity index (χ3n) is 2.47. The van der Waals surface area contributed by atoms with Crippen LogP contribution in [0, 0.1) is 0 Å². The highest BCUT2D eigenvalue weighted by molar-refractivity contribution is 5.76. The average molecular weight is 260 g/mol. The molecule has 0 fully saturated rings. The van der Waals surface area contributed by atoms with Gasteiger partial charge in [0.25, 0.3) is 0 Å². The molecule has 0 saturated carbocycles. The van der Waals surface area contributed by atoms with E-state index >= 15 is 0 Å². The SMILES string of the molecule is O=C(CCNc1ncccn1)NCCc1cnc[nH]1. The Balaban J connectivity index is 1.57. The molecule has 2 heterocycles. The number of rotatable bonds is 7. The number of anilines is 1. The molecule has 0 aliphatic rings. The van der Waals surface area contributed by atoms with Crippen molar-refractivity contribution in [2.75, 3.05) is 18.4 Å². The molecular weight excluding hydrogens is 244 g/mol. The van der Waals surface area contributed by atoms with E-state index in [2.05, 4.69) is 30.6 Å². The quantitative estimate of drug-likeness (QED) is 0.668. The van der Waals surface area contributed by atoms with Crippen molar-refractivity contribution in [1.29, 1.82) is 0 Å². The summed E-state index contributed by atoms with van der Waals surface area (Å²) in [6.07, 6.45) is 7.82. The molecule has 0 unspecified atom stereocenters. The second-order valence-electron chi connectivity index (χ2n) is 3.93. The summed E-state index contributed by atoms with van der Waals surface area (Å²) in [6.45, 7) is 1.11. The summed E-state index contributed by atoms with van der Waals surface area (Å²) in [5.74, 6) is 0.538. The van der Waals surface area contributed by atoms with Gasteiger partial charge in [0, 0.05) is 50.2 Å². The van der Waals surface area contributed by atoms with E-state index in [-0.39, 0.29) is 5.91 Å². The monoisotopic (exact) mass is 260 g/mol. The van der Waals surface area contributed by atoms with Gasteiger partial charge in [0.2, 0.25) is 11.9 Å². The molecule has 2 rings (SSSR count). The molecule has 100 valence electrons. The Bertz CT molecular complexity index is 484. The topological polar surface area (TPSA) is 95.6 Å². The van der Waals surface area contributed by atoms with Gasteiger partial charge in [0.15, 0.2) is 0 Å². The lowest BCUT2D eigenvalue weighted by Gasteiger charge is -2.05. The van der Waals surface area contributed by atoms with Crippen molar-refractivity contribution in [3.63, 3.8) is 0 Å². The Hall–Kier alpha value is -2.44. The first-order valence-corrected chi connectivity index (χ1v) is 6.09. The predicted octanol–water partition coefficient (Wildman–Crippen LogP) is 0.361. The Kier molecular flexibility index (Phi) is 4.86. The Morgan fingerprint density at radius 3 is 2.84 bits per heavy atom. The fourth-order valence-corrected chi connectivity index (χ4v) is 1.52. The van der Waals surface area contributed by atoms with E-state index < -0.39 is 0 Å². The largest absolute Gasteiger partial charge is 0.356 e. The van der Waals surface area contributed by atoms with Gasteiger partial charge in [0.1, 0.15) is 0 Å². The first kappa shape index (κ1) is 13.0. The molecule has 0 saturated heterocycles. The number of carbonyl (C=O) groups excluding carboxylic acids is 1. The Morgan fingerprint density at radius 1 is 1.26 bits per heavy atom. The molecule has 2 aromatic heterocycles. The van der Waals surface area contributed by atoms with E-state index in [0.29, 0.717) is 25.5 Å². The number of nitrogens with zero attached hydrogens (tertiary/aromatic N) is 3. The highest BCUT2D eigenvalue weighted by atomic mass is 16.1. The van der Waals surface area contributed by atoms with E-state index in [4.69, 9.17) is 0 Å². The second kappa shape index (κ2) is 7.10. The number of carbonyl (C=O) groups is 1. The molecule has 7 heteroatoms. The van der Waals surface area contributed by atoms with E-state index in [0.717, 1.165) is 12.1 Å². The zero-order valence-corrected chi connectivity index (χ0v) is 10.5. The summed E-state index contributed by atoms with van der Waals surface area (Å²) < 4.78 is 0. The van der Waals surface area contributed by atoms with Crippen LogP contribution >= 0.6 is 0 Å². The maximum atomic E-state index is 11.5. The molecule has 0 aromatic carbocycles. The van der Waals surface area contributed by atoms with Crippen molar-refractivity contribution < 1.29 is 4.79 Å². The lowest BCUT2D eigenvalue weighted by molar-refractivity contribution is -0.120. The Labute approximate surface area is 110 Å². The standard InChI is InChI=1S/C12H16N6O/c19-11(14-6-2-10-8-13-9-18-10)3-7-17-12-15-4-1-5-16-12/h1,4-5,8-9H,2-3,6-7H2,(H,13,18)(H,14,19)(H,15,16,17). The number of nitrogens with one attached hydrogen (secondary N) is 3. The maximum Gasteiger partial charge on any atom is 0.222 e. The van der Waals surface area contributed by atoms with Crippen molar-refractivity contribution in [3.05, 3.63) is 36.7 Å². The van der Waals surface area contributed by atoms with Crippen LogP contribution in [0.25, 0.3) is 0 Å². The molecule has 0 atom stereocenters. The van der Waals surface area contributed by atoms with Gasteiger partial charge in [-0.05, 0) is 6.07 Å². The summed E-state index contributed by atoms with van der Waals surface area (Å²) in [6, 6.07) is 1.74. The van der Waals surface area contributed by atoms with Gasteiger partial charge in [-0.1, -0.05) is 0 Å². The molecular formula is C12H16N6O. The first-order valence-electron chi connectivity index (χ1n) is 6.09. The Morgan fingerprint density at radius 2 is 2.11 bits per heavy atom. The molecule has 19 heavy (non-hydrogen) atoms. The van der Waals surface area contributed by atoms with Gasteiger partial charge in [0.05, 0.1) is 6.33 Å². The van der Waals surface area contributed by atoms with Crippen molar-refractivity contribution in [3.8, 4) is 0 Å². The van der Waals surface area contributed by atoms with Crippen LogP contribution in [0.15, 0.2) is 31.0 Å². The zero-order valence-electron chi connectivity index (χ0n) is 10.5. The summed E-state index contributed by atoms with van der Waals surface area (Å²) in [4.78, 5) is 26.5. The summed E-state index contributed by atoms with van der Waals surface area (Å²) in [7, 11) is 0. The van der Waals surface area contributed by atoms with E-state index in [1.165, 1.54) is 0 Å². The third-order valence-corrected chi connectivity index (χ3v) is 2.47. The molecule has 0 aliphatic carbocycles. The zero-order chi connectivity index (χ0) is 13.3. The van der Waals surface area contributed by atoms with Crippen LogP contribution in [0.1, 0.15) is 12.1 Å².